The summed E-state index contributed by atoms with van der Waals surface area (Å²) in [5.41, 5.74) is 0.824. The molecule has 1 aromatic rings. The van der Waals surface area contributed by atoms with Crippen molar-refractivity contribution >= 4 is 0 Å². The van der Waals surface area contributed by atoms with Crippen molar-refractivity contribution in [3.05, 3.63) is 18.1 Å². The monoisotopic (exact) mass is 294 g/mol. The van der Waals surface area contributed by atoms with Crippen LogP contribution >= 0.6 is 0 Å². The molecule has 6 nitrogen and oxygen atoms in total. The van der Waals surface area contributed by atoms with Gasteiger partial charge in [-0.2, -0.15) is 0 Å². The van der Waals surface area contributed by atoms with E-state index in [1.54, 1.807) is 19.5 Å². The SMILES string of the molecule is CCCN1CCOC(C(NCC)c2nccnc2OC)C1. The van der Waals surface area contributed by atoms with Gasteiger partial charge in [0.25, 0.3) is 0 Å². The lowest BCUT2D eigenvalue weighted by atomic mass is 10.0. The average Bonchev–Trinajstić information content (AvgIpc) is 2.53. The van der Waals surface area contributed by atoms with Crippen LogP contribution in [-0.4, -0.2) is 60.9 Å². The van der Waals surface area contributed by atoms with Crippen molar-refractivity contribution in [2.24, 2.45) is 0 Å². The zero-order valence-electron chi connectivity index (χ0n) is 13.2. The van der Waals surface area contributed by atoms with E-state index in [2.05, 4.69) is 34.0 Å². The Morgan fingerprint density at radius 1 is 1.43 bits per heavy atom. The molecule has 1 fully saturated rings. The van der Waals surface area contributed by atoms with Gasteiger partial charge in [-0.05, 0) is 19.5 Å². The lowest BCUT2D eigenvalue weighted by Crippen LogP contribution is -2.48. The third-order valence-electron chi connectivity index (χ3n) is 3.69. The van der Waals surface area contributed by atoms with Crippen molar-refractivity contribution in [3.63, 3.8) is 0 Å². The van der Waals surface area contributed by atoms with Crippen LogP contribution in [0.1, 0.15) is 32.0 Å². The van der Waals surface area contributed by atoms with E-state index in [-0.39, 0.29) is 12.1 Å². The Kier molecular flexibility index (Phi) is 6.35. The van der Waals surface area contributed by atoms with E-state index in [4.69, 9.17) is 9.47 Å². The van der Waals surface area contributed by atoms with Gasteiger partial charge in [0.2, 0.25) is 5.88 Å². The van der Waals surface area contributed by atoms with E-state index in [1.165, 1.54) is 0 Å². The van der Waals surface area contributed by atoms with Gasteiger partial charge in [-0.25, -0.2) is 4.98 Å². The van der Waals surface area contributed by atoms with E-state index in [0.29, 0.717) is 5.88 Å². The Balaban J connectivity index is 2.17. The van der Waals surface area contributed by atoms with E-state index in [9.17, 15) is 0 Å². The smallest absolute Gasteiger partial charge is 0.237 e. The van der Waals surface area contributed by atoms with Gasteiger partial charge in [0.05, 0.1) is 25.9 Å². The number of hydrogen-bond donors (Lipinski definition) is 1. The molecule has 2 atom stereocenters. The van der Waals surface area contributed by atoms with E-state index < -0.39 is 0 Å². The second-order valence-corrected chi connectivity index (χ2v) is 5.20. The number of nitrogens with zero attached hydrogens (tertiary/aromatic N) is 3. The quantitative estimate of drug-likeness (QED) is 0.816. The molecule has 0 aliphatic carbocycles. The van der Waals surface area contributed by atoms with Crippen LogP contribution in [-0.2, 0) is 4.74 Å². The van der Waals surface area contributed by atoms with E-state index in [1.807, 2.05) is 0 Å². The second kappa shape index (κ2) is 8.26. The molecule has 1 aromatic heterocycles. The maximum Gasteiger partial charge on any atom is 0.237 e. The number of likely N-dealkylation sites (N-methyl/N-ethyl adjacent to an activating group) is 1. The van der Waals surface area contributed by atoms with Crippen LogP contribution in [0.25, 0.3) is 0 Å². The van der Waals surface area contributed by atoms with Crippen molar-refractivity contribution in [2.75, 3.05) is 39.9 Å². The second-order valence-electron chi connectivity index (χ2n) is 5.20. The molecule has 2 unspecified atom stereocenters. The molecule has 0 saturated carbocycles. The molecule has 0 aromatic carbocycles. The number of nitrogens with one attached hydrogen (secondary N) is 1. The summed E-state index contributed by atoms with van der Waals surface area (Å²) >= 11 is 0. The predicted molar refractivity (Wildman–Crippen MR) is 81.5 cm³/mol. The molecular weight excluding hydrogens is 268 g/mol. The minimum atomic E-state index is -0.00157. The minimum Gasteiger partial charge on any atom is -0.480 e. The molecule has 1 aliphatic rings. The molecule has 1 aliphatic heterocycles. The third-order valence-corrected chi connectivity index (χ3v) is 3.69. The summed E-state index contributed by atoms with van der Waals surface area (Å²) < 4.78 is 11.4. The molecule has 2 heterocycles. The third kappa shape index (κ3) is 4.12. The fourth-order valence-corrected chi connectivity index (χ4v) is 2.78. The van der Waals surface area contributed by atoms with Crippen LogP contribution in [0.3, 0.4) is 0 Å². The molecule has 6 heteroatoms. The standard InChI is InChI=1S/C15H26N4O2/c1-4-8-19-9-10-21-12(11-19)13(16-5-2)14-15(20-3)18-7-6-17-14/h6-7,12-13,16H,4-5,8-11H2,1-3H3. The maximum atomic E-state index is 6.00. The highest BCUT2D eigenvalue weighted by atomic mass is 16.5. The van der Waals surface area contributed by atoms with Crippen molar-refractivity contribution in [1.82, 2.24) is 20.2 Å². The Morgan fingerprint density at radius 2 is 2.24 bits per heavy atom. The Bertz CT molecular complexity index is 428. The van der Waals surface area contributed by atoms with Crippen LogP contribution in [0, 0.1) is 0 Å². The van der Waals surface area contributed by atoms with Crippen molar-refractivity contribution in [3.8, 4) is 5.88 Å². The fourth-order valence-electron chi connectivity index (χ4n) is 2.78. The lowest BCUT2D eigenvalue weighted by molar-refractivity contribution is -0.0479. The van der Waals surface area contributed by atoms with Crippen LogP contribution < -0.4 is 10.1 Å². The largest absolute Gasteiger partial charge is 0.480 e. The van der Waals surface area contributed by atoms with Gasteiger partial charge < -0.3 is 14.8 Å². The molecule has 2 rings (SSSR count). The summed E-state index contributed by atoms with van der Waals surface area (Å²) in [6.07, 6.45) is 4.58. The van der Waals surface area contributed by atoms with Crippen molar-refractivity contribution in [1.29, 1.82) is 0 Å². The number of hydrogen-bond acceptors (Lipinski definition) is 6. The van der Waals surface area contributed by atoms with Crippen molar-refractivity contribution in [2.45, 2.75) is 32.4 Å². The van der Waals surface area contributed by atoms with E-state index in [0.717, 1.165) is 44.9 Å². The van der Waals surface area contributed by atoms with Gasteiger partial charge in [-0.3, -0.25) is 9.88 Å². The van der Waals surface area contributed by atoms with Gasteiger partial charge >= 0.3 is 0 Å². The van der Waals surface area contributed by atoms with Crippen molar-refractivity contribution < 1.29 is 9.47 Å². The van der Waals surface area contributed by atoms with Gasteiger partial charge in [0.15, 0.2) is 0 Å². The maximum absolute atomic E-state index is 6.00. The van der Waals surface area contributed by atoms with Crippen LogP contribution in [0.5, 0.6) is 5.88 Å². The Morgan fingerprint density at radius 3 is 2.95 bits per heavy atom. The molecule has 1 N–H and O–H groups in total. The molecule has 0 spiro atoms. The molecule has 0 bridgehead atoms. The lowest BCUT2D eigenvalue weighted by Gasteiger charge is -2.37. The molecular formula is C15H26N4O2. The van der Waals surface area contributed by atoms with Crippen LogP contribution in [0.2, 0.25) is 0 Å². The van der Waals surface area contributed by atoms with E-state index >= 15 is 0 Å². The first-order chi connectivity index (χ1) is 10.3. The summed E-state index contributed by atoms with van der Waals surface area (Å²) in [5.74, 6) is 0.569. The van der Waals surface area contributed by atoms with Gasteiger partial charge in [0.1, 0.15) is 5.69 Å². The van der Waals surface area contributed by atoms with Crippen LogP contribution in [0.15, 0.2) is 12.4 Å². The Hall–Kier alpha value is -1.24. The number of methoxy groups -OCH3 is 1. The topological polar surface area (TPSA) is 59.5 Å². The highest BCUT2D eigenvalue weighted by Crippen LogP contribution is 2.26. The Labute approximate surface area is 126 Å². The number of aromatic nitrogens is 2. The van der Waals surface area contributed by atoms with Gasteiger partial charge in [-0.1, -0.05) is 13.8 Å². The number of ether oxygens (including phenoxy) is 2. The highest BCUT2D eigenvalue weighted by molar-refractivity contribution is 5.22. The molecule has 0 amide bonds. The molecule has 1 saturated heterocycles. The highest BCUT2D eigenvalue weighted by Gasteiger charge is 2.31. The average molecular weight is 294 g/mol. The zero-order chi connectivity index (χ0) is 15.1. The fraction of sp³-hybridized carbons (Fsp3) is 0.733. The summed E-state index contributed by atoms with van der Waals surface area (Å²) in [7, 11) is 1.63. The first kappa shape index (κ1) is 16.1. The summed E-state index contributed by atoms with van der Waals surface area (Å²) in [6, 6.07) is -0.00157. The first-order valence-corrected chi connectivity index (χ1v) is 7.72. The van der Waals surface area contributed by atoms with Gasteiger partial charge in [0, 0.05) is 25.5 Å². The normalized spacial score (nSPS) is 21.2. The number of rotatable bonds is 7. The number of morpholine rings is 1. The van der Waals surface area contributed by atoms with Gasteiger partial charge in [-0.15, -0.1) is 0 Å². The molecule has 118 valence electrons. The predicted octanol–water partition coefficient (Wildman–Crippen LogP) is 1.25. The first-order valence-electron chi connectivity index (χ1n) is 7.72. The minimum absolute atomic E-state index is 0.00157. The zero-order valence-corrected chi connectivity index (χ0v) is 13.2. The van der Waals surface area contributed by atoms with Crippen LogP contribution in [0.4, 0.5) is 0 Å². The summed E-state index contributed by atoms with van der Waals surface area (Å²) in [6.45, 7) is 8.91. The molecule has 21 heavy (non-hydrogen) atoms. The summed E-state index contributed by atoms with van der Waals surface area (Å²) in [5, 5.41) is 3.47. The summed E-state index contributed by atoms with van der Waals surface area (Å²) in [4.78, 5) is 11.2. The molecule has 0 radical (unpaired) electrons.